The number of hydrogen-bond acceptors (Lipinski definition) is 6. The normalized spacial score (nSPS) is 11.0. The number of ether oxygens (including phenoxy) is 2. The lowest BCUT2D eigenvalue weighted by Gasteiger charge is -2.14. The fraction of sp³-hybridized carbons (Fsp3) is 0.231. The molecule has 1 aromatic carbocycles. The molecular weight excluding hydrogens is 310 g/mol. The Morgan fingerprint density at radius 2 is 1.86 bits per heavy atom. The zero-order valence-electron chi connectivity index (χ0n) is 12.2. The fourth-order valence-corrected chi connectivity index (χ4v) is 2.82. The van der Waals surface area contributed by atoms with E-state index in [2.05, 4.69) is 14.7 Å². The minimum atomic E-state index is -3.89. The highest BCUT2D eigenvalue weighted by atomic mass is 32.2. The number of H-pyrrole nitrogens is 1. The number of carbonyl (C=O) groups is 1. The van der Waals surface area contributed by atoms with Crippen LogP contribution in [0, 0.1) is 0 Å². The molecule has 1 heterocycles. The molecule has 0 saturated heterocycles. The van der Waals surface area contributed by atoms with Crippen molar-refractivity contribution in [2.24, 2.45) is 0 Å². The Morgan fingerprint density at radius 1 is 1.23 bits per heavy atom. The minimum absolute atomic E-state index is 0.0970. The molecule has 0 saturated carbocycles. The van der Waals surface area contributed by atoms with Gasteiger partial charge in [-0.1, -0.05) is 0 Å². The molecule has 0 amide bonds. The highest BCUT2D eigenvalue weighted by molar-refractivity contribution is 7.92. The fourth-order valence-electron chi connectivity index (χ4n) is 1.84. The number of carbonyl (C=O) groups excluding carboxylic acids is 1. The van der Waals surface area contributed by atoms with Gasteiger partial charge < -0.3 is 14.5 Å². The smallest absolute Gasteiger partial charge is 0.278 e. The summed E-state index contributed by atoms with van der Waals surface area (Å²) in [4.78, 5) is 17.9. The van der Waals surface area contributed by atoms with Crippen LogP contribution in [0.5, 0.6) is 11.5 Å². The molecule has 0 fully saturated rings. The Kier molecular flexibility index (Phi) is 4.36. The Morgan fingerprint density at radius 3 is 2.36 bits per heavy atom. The average Bonchev–Trinajstić information content (AvgIpc) is 3.01. The van der Waals surface area contributed by atoms with Gasteiger partial charge >= 0.3 is 0 Å². The number of benzene rings is 1. The van der Waals surface area contributed by atoms with Gasteiger partial charge in [0, 0.05) is 11.6 Å². The van der Waals surface area contributed by atoms with Crippen molar-refractivity contribution in [3.05, 3.63) is 30.2 Å². The lowest BCUT2D eigenvalue weighted by Crippen LogP contribution is -2.15. The van der Waals surface area contributed by atoms with Crippen molar-refractivity contribution in [3.63, 3.8) is 0 Å². The number of nitrogens with zero attached hydrogens (tertiary/aromatic N) is 1. The van der Waals surface area contributed by atoms with E-state index in [0.29, 0.717) is 11.5 Å². The van der Waals surface area contributed by atoms with Gasteiger partial charge in [0.15, 0.2) is 22.3 Å². The number of Topliss-reactive ketones (excluding diaryl/α,β-unsaturated/α-hetero) is 1. The number of hydrogen-bond donors (Lipinski definition) is 2. The number of rotatable bonds is 6. The predicted molar refractivity (Wildman–Crippen MR) is 78.9 cm³/mol. The van der Waals surface area contributed by atoms with Crippen LogP contribution in [0.25, 0.3) is 0 Å². The molecule has 0 bridgehead atoms. The van der Waals surface area contributed by atoms with Crippen LogP contribution >= 0.6 is 0 Å². The van der Waals surface area contributed by atoms with Crippen LogP contribution in [-0.4, -0.2) is 38.4 Å². The molecule has 0 radical (unpaired) electrons. The molecule has 22 heavy (non-hydrogen) atoms. The van der Waals surface area contributed by atoms with Gasteiger partial charge in [-0.3, -0.25) is 9.52 Å². The van der Waals surface area contributed by atoms with E-state index in [-0.39, 0.29) is 22.1 Å². The highest BCUT2D eigenvalue weighted by Crippen LogP contribution is 2.34. The van der Waals surface area contributed by atoms with Crippen LogP contribution in [0.4, 0.5) is 5.69 Å². The van der Waals surface area contributed by atoms with E-state index in [9.17, 15) is 13.2 Å². The number of anilines is 1. The summed E-state index contributed by atoms with van der Waals surface area (Å²) in [5, 5.41) is -0.114. The predicted octanol–water partition coefficient (Wildman–Crippen LogP) is 1.43. The Labute approximate surface area is 127 Å². The number of methoxy groups -OCH3 is 2. The first-order valence-electron chi connectivity index (χ1n) is 6.17. The molecule has 0 unspecified atom stereocenters. The number of aromatic nitrogens is 2. The van der Waals surface area contributed by atoms with Gasteiger partial charge in [-0.15, -0.1) is 0 Å². The Balaban J connectivity index is 2.52. The van der Waals surface area contributed by atoms with E-state index in [1.165, 1.54) is 39.6 Å². The molecular formula is C13H15N3O5S. The third kappa shape index (κ3) is 3.03. The van der Waals surface area contributed by atoms with Crippen LogP contribution in [0.1, 0.15) is 17.3 Å². The van der Waals surface area contributed by atoms with Gasteiger partial charge in [-0.05, 0) is 13.0 Å². The maximum atomic E-state index is 12.2. The number of ketones is 1. The van der Waals surface area contributed by atoms with Gasteiger partial charge in [0.2, 0.25) is 0 Å². The molecule has 2 rings (SSSR count). The molecule has 0 aliphatic carbocycles. The van der Waals surface area contributed by atoms with Crippen molar-refractivity contribution in [2.45, 2.75) is 11.9 Å². The van der Waals surface area contributed by atoms with Crippen molar-refractivity contribution < 1.29 is 22.7 Å². The Hall–Kier alpha value is -2.55. The first-order valence-corrected chi connectivity index (χ1v) is 7.65. The summed E-state index contributed by atoms with van der Waals surface area (Å²) in [7, 11) is -1.05. The first kappa shape index (κ1) is 15.8. The van der Waals surface area contributed by atoms with Crippen molar-refractivity contribution in [1.29, 1.82) is 0 Å². The molecule has 118 valence electrons. The number of imidazole rings is 1. The summed E-state index contributed by atoms with van der Waals surface area (Å²) in [6.07, 6.45) is 2.41. The third-order valence-electron chi connectivity index (χ3n) is 2.91. The average molecular weight is 325 g/mol. The summed E-state index contributed by atoms with van der Waals surface area (Å²) in [6, 6.07) is 2.81. The summed E-state index contributed by atoms with van der Waals surface area (Å²) in [5.74, 6) is 0.315. The second-order valence-electron chi connectivity index (χ2n) is 4.33. The monoisotopic (exact) mass is 325 g/mol. The molecule has 0 aliphatic heterocycles. The van der Waals surface area contributed by atoms with Gasteiger partial charge in [-0.25, -0.2) is 4.98 Å². The molecule has 2 aromatic rings. The topological polar surface area (TPSA) is 110 Å². The van der Waals surface area contributed by atoms with E-state index in [1.54, 1.807) is 0 Å². The molecule has 2 N–H and O–H groups in total. The van der Waals surface area contributed by atoms with Crippen molar-refractivity contribution in [1.82, 2.24) is 9.97 Å². The number of nitrogens with one attached hydrogen (secondary N) is 2. The second-order valence-corrected chi connectivity index (χ2v) is 5.98. The van der Waals surface area contributed by atoms with Crippen LogP contribution in [0.2, 0.25) is 0 Å². The lowest BCUT2D eigenvalue weighted by molar-refractivity contribution is 0.101. The minimum Gasteiger partial charge on any atom is -0.493 e. The van der Waals surface area contributed by atoms with E-state index >= 15 is 0 Å². The molecule has 9 heteroatoms. The van der Waals surface area contributed by atoms with Gasteiger partial charge in [-0.2, -0.15) is 8.42 Å². The largest absolute Gasteiger partial charge is 0.493 e. The second kappa shape index (κ2) is 6.06. The van der Waals surface area contributed by atoms with Gasteiger partial charge in [0.05, 0.1) is 32.4 Å². The van der Waals surface area contributed by atoms with E-state index in [0.717, 1.165) is 6.20 Å². The molecule has 8 nitrogen and oxygen atoms in total. The summed E-state index contributed by atoms with van der Waals surface area (Å²) in [6.45, 7) is 1.33. The van der Waals surface area contributed by atoms with E-state index in [4.69, 9.17) is 9.47 Å². The summed E-state index contributed by atoms with van der Waals surface area (Å²) >= 11 is 0. The van der Waals surface area contributed by atoms with E-state index in [1.807, 2.05) is 0 Å². The van der Waals surface area contributed by atoms with E-state index < -0.39 is 10.0 Å². The zero-order chi connectivity index (χ0) is 16.3. The summed E-state index contributed by atoms with van der Waals surface area (Å²) in [5.41, 5.74) is 0.264. The van der Waals surface area contributed by atoms with Crippen LogP contribution in [-0.2, 0) is 10.0 Å². The van der Waals surface area contributed by atoms with Gasteiger partial charge in [0.1, 0.15) is 0 Å². The quantitative estimate of drug-likeness (QED) is 0.777. The maximum absolute atomic E-state index is 12.2. The van der Waals surface area contributed by atoms with Gasteiger partial charge in [0.25, 0.3) is 10.0 Å². The van der Waals surface area contributed by atoms with Crippen LogP contribution in [0.15, 0.2) is 29.7 Å². The highest BCUT2D eigenvalue weighted by Gasteiger charge is 2.21. The molecule has 0 spiro atoms. The standard InChI is InChI=1S/C13H15N3O5S/c1-8(17)9-4-11(20-2)12(21-3)5-10(9)16-22(18,19)13-6-14-7-15-13/h4-7,16H,1-3H3,(H,14,15). The molecule has 1 aromatic heterocycles. The van der Waals surface area contributed by atoms with Crippen LogP contribution in [0.3, 0.4) is 0 Å². The Bertz CT molecular complexity index is 784. The van der Waals surface area contributed by atoms with Crippen LogP contribution < -0.4 is 14.2 Å². The first-order chi connectivity index (χ1) is 10.4. The SMILES string of the molecule is COc1cc(NS(=O)(=O)c2cnc[nH]2)c(C(C)=O)cc1OC. The third-order valence-corrected chi connectivity index (χ3v) is 4.20. The maximum Gasteiger partial charge on any atom is 0.278 e. The number of sulfonamides is 1. The lowest BCUT2D eigenvalue weighted by atomic mass is 10.1. The zero-order valence-corrected chi connectivity index (χ0v) is 13.0. The molecule has 0 atom stereocenters. The molecule has 0 aliphatic rings. The van der Waals surface area contributed by atoms with Crippen molar-refractivity contribution in [3.8, 4) is 11.5 Å². The van der Waals surface area contributed by atoms with Crippen molar-refractivity contribution >= 4 is 21.5 Å². The summed E-state index contributed by atoms with van der Waals surface area (Å²) < 4.78 is 37.0. The number of aromatic amines is 1. The van der Waals surface area contributed by atoms with Crippen molar-refractivity contribution in [2.75, 3.05) is 18.9 Å².